The molecule has 1 aromatic carbocycles. The summed E-state index contributed by atoms with van der Waals surface area (Å²) in [4.78, 5) is 30.3. The number of aromatic nitrogens is 4. The molecule has 0 unspecified atom stereocenters. The molecule has 3 aromatic rings. The summed E-state index contributed by atoms with van der Waals surface area (Å²) in [7, 11) is 0. The van der Waals surface area contributed by atoms with Crippen molar-refractivity contribution in [3.8, 4) is 0 Å². The second-order valence-electron chi connectivity index (χ2n) is 7.25. The lowest BCUT2D eigenvalue weighted by Crippen LogP contribution is -2.48. The SMILES string of the molecule is CCn1nc(C(=O)NC2(c3noc(C)n3)CCCCC2)c2ccccc2c1=O. The summed E-state index contributed by atoms with van der Waals surface area (Å²) in [6.07, 6.45) is 4.52. The summed E-state index contributed by atoms with van der Waals surface area (Å²) < 4.78 is 6.50. The summed E-state index contributed by atoms with van der Waals surface area (Å²) in [5.74, 6) is 0.645. The molecule has 0 radical (unpaired) electrons. The number of fused-ring (bicyclic) bond motifs is 1. The van der Waals surface area contributed by atoms with Crippen LogP contribution in [0.25, 0.3) is 10.8 Å². The Morgan fingerprint density at radius 2 is 1.93 bits per heavy atom. The smallest absolute Gasteiger partial charge is 0.274 e. The van der Waals surface area contributed by atoms with E-state index in [0.717, 1.165) is 32.1 Å². The van der Waals surface area contributed by atoms with E-state index in [0.29, 0.717) is 29.0 Å². The van der Waals surface area contributed by atoms with Gasteiger partial charge in [-0.25, -0.2) is 4.68 Å². The van der Waals surface area contributed by atoms with Crippen molar-refractivity contribution in [3.05, 3.63) is 52.0 Å². The van der Waals surface area contributed by atoms with E-state index in [9.17, 15) is 9.59 Å². The van der Waals surface area contributed by atoms with Crippen LogP contribution in [0.3, 0.4) is 0 Å². The third kappa shape index (κ3) is 3.08. The summed E-state index contributed by atoms with van der Waals surface area (Å²) >= 11 is 0. The monoisotopic (exact) mass is 381 g/mol. The lowest BCUT2D eigenvalue weighted by Gasteiger charge is -2.35. The van der Waals surface area contributed by atoms with E-state index in [1.807, 2.05) is 6.92 Å². The Bertz CT molecular complexity index is 1080. The quantitative estimate of drug-likeness (QED) is 0.745. The van der Waals surface area contributed by atoms with E-state index in [1.54, 1.807) is 31.2 Å². The van der Waals surface area contributed by atoms with Crippen LogP contribution in [-0.4, -0.2) is 25.8 Å². The first-order valence-corrected chi connectivity index (χ1v) is 9.67. The van der Waals surface area contributed by atoms with Crippen molar-refractivity contribution in [2.75, 3.05) is 0 Å². The number of aryl methyl sites for hydroxylation is 2. The minimum atomic E-state index is -0.678. The maximum atomic E-state index is 13.3. The van der Waals surface area contributed by atoms with Gasteiger partial charge in [0.1, 0.15) is 5.54 Å². The minimum absolute atomic E-state index is 0.198. The van der Waals surface area contributed by atoms with Gasteiger partial charge in [0.25, 0.3) is 11.5 Å². The zero-order valence-electron chi connectivity index (χ0n) is 16.1. The average molecular weight is 381 g/mol. The van der Waals surface area contributed by atoms with Gasteiger partial charge >= 0.3 is 0 Å². The molecule has 0 saturated heterocycles. The highest BCUT2D eigenvalue weighted by molar-refractivity contribution is 6.05. The van der Waals surface area contributed by atoms with Gasteiger partial charge in [-0.3, -0.25) is 9.59 Å². The summed E-state index contributed by atoms with van der Waals surface area (Å²) in [6.45, 7) is 3.95. The average Bonchev–Trinajstić information content (AvgIpc) is 3.16. The van der Waals surface area contributed by atoms with Crippen molar-refractivity contribution in [1.82, 2.24) is 25.2 Å². The van der Waals surface area contributed by atoms with Gasteiger partial charge in [-0.1, -0.05) is 42.6 Å². The highest BCUT2D eigenvalue weighted by Gasteiger charge is 2.40. The molecule has 1 fully saturated rings. The van der Waals surface area contributed by atoms with Gasteiger partial charge in [0, 0.05) is 18.9 Å². The molecule has 4 rings (SSSR count). The number of nitrogens with zero attached hydrogens (tertiary/aromatic N) is 4. The van der Waals surface area contributed by atoms with Crippen LogP contribution >= 0.6 is 0 Å². The first-order valence-electron chi connectivity index (χ1n) is 9.67. The van der Waals surface area contributed by atoms with Gasteiger partial charge in [0.05, 0.1) is 5.39 Å². The molecule has 146 valence electrons. The number of nitrogens with one attached hydrogen (secondary N) is 1. The van der Waals surface area contributed by atoms with Crippen molar-refractivity contribution < 1.29 is 9.32 Å². The standard InChI is InChI=1S/C20H23N5O3/c1-3-25-18(27)15-10-6-5-9-14(15)16(23-25)17(26)22-20(11-7-4-8-12-20)19-21-13(2)28-24-19/h5-6,9-10H,3-4,7-8,11-12H2,1-2H3,(H,22,26). The van der Waals surface area contributed by atoms with Crippen LogP contribution in [0, 0.1) is 6.92 Å². The number of hydrogen-bond acceptors (Lipinski definition) is 6. The van der Waals surface area contributed by atoms with Crippen molar-refractivity contribution in [2.45, 2.75) is 58.0 Å². The van der Waals surface area contributed by atoms with Crippen LogP contribution in [0.1, 0.15) is 61.2 Å². The van der Waals surface area contributed by atoms with Gasteiger partial charge in [0.2, 0.25) is 5.89 Å². The first kappa shape index (κ1) is 18.3. The topological polar surface area (TPSA) is 103 Å². The van der Waals surface area contributed by atoms with Crippen molar-refractivity contribution in [2.24, 2.45) is 0 Å². The molecule has 0 atom stereocenters. The Kier molecular flexibility index (Phi) is 4.70. The number of carbonyl (C=O) groups excluding carboxylic acids is 1. The molecule has 0 aliphatic heterocycles. The predicted molar refractivity (Wildman–Crippen MR) is 103 cm³/mol. The summed E-state index contributed by atoms with van der Waals surface area (Å²) in [5, 5.41) is 12.6. The zero-order chi connectivity index (χ0) is 19.7. The third-order valence-corrected chi connectivity index (χ3v) is 5.40. The number of amides is 1. The number of rotatable bonds is 4. The predicted octanol–water partition coefficient (Wildman–Crippen LogP) is 2.70. The third-order valence-electron chi connectivity index (χ3n) is 5.40. The fourth-order valence-corrected chi connectivity index (χ4v) is 3.95. The van der Waals surface area contributed by atoms with Crippen molar-refractivity contribution in [1.29, 1.82) is 0 Å². The Labute approximate surface area is 161 Å². The van der Waals surface area contributed by atoms with Crippen LogP contribution < -0.4 is 10.9 Å². The maximum Gasteiger partial charge on any atom is 0.274 e. The zero-order valence-corrected chi connectivity index (χ0v) is 16.1. The molecular weight excluding hydrogens is 358 g/mol. The normalized spacial score (nSPS) is 16.2. The van der Waals surface area contributed by atoms with E-state index in [2.05, 4.69) is 20.6 Å². The summed E-state index contributed by atoms with van der Waals surface area (Å²) in [5.41, 5.74) is -0.638. The van der Waals surface area contributed by atoms with Gasteiger partial charge in [-0.15, -0.1) is 0 Å². The molecule has 1 amide bonds. The van der Waals surface area contributed by atoms with Crippen LogP contribution in [0.4, 0.5) is 0 Å². The Balaban J connectivity index is 1.79. The molecule has 2 aromatic heterocycles. The van der Waals surface area contributed by atoms with E-state index in [4.69, 9.17) is 4.52 Å². The molecule has 8 nitrogen and oxygen atoms in total. The van der Waals surface area contributed by atoms with Gasteiger partial charge in [0.15, 0.2) is 11.5 Å². The molecule has 1 aliphatic rings. The maximum absolute atomic E-state index is 13.3. The van der Waals surface area contributed by atoms with Crippen molar-refractivity contribution >= 4 is 16.7 Å². The van der Waals surface area contributed by atoms with E-state index in [-0.39, 0.29) is 17.2 Å². The minimum Gasteiger partial charge on any atom is -0.340 e. The fraction of sp³-hybridized carbons (Fsp3) is 0.450. The Morgan fingerprint density at radius 1 is 1.21 bits per heavy atom. The highest BCUT2D eigenvalue weighted by Crippen LogP contribution is 2.36. The lowest BCUT2D eigenvalue weighted by atomic mass is 9.80. The molecule has 1 aliphatic carbocycles. The molecular formula is C20H23N5O3. The van der Waals surface area contributed by atoms with Crippen LogP contribution in [0.5, 0.6) is 0 Å². The largest absolute Gasteiger partial charge is 0.340 e. The van der Waals surface area contributed by atoms with Crippen LogP contribution in [0.2, 0.25) is 0 Å². The second-order valence-corrected chi connectivity index (χ2v) is 7.25. The number of hydrogen-bond donors (Lipinski definition) is 1. The fourth-order valence-electron chi connectivity index (χ4n) is 3.95. The first-order chi connectivity index (χ1) is 13.5. The van der Waals surface area contributed by atoms with Crippen LogP contribution in [0.15, 0.2) is 33.6 Å². The van der Waals surface area contributed by atoms with Gasteiger partial charge in [-0.05, 0) is 25.8 Å². The Hall–Kier alpha value is -3.03. The molecule has 0 bridgehead atoms. The molecule has 1 saturated carbocycles. The lowest BCUT2D eigenvalue weighted by molar-refractivity contribution is 0.0849. The number of benzene rings is 1. The van der Waals surface area contributed by atoms with Crippen LogP contribution in [-0.2, 0) is 12.1 Å². The molecule has 8 heteroatoms. The summed E-state index contributed by atoms with van der Waals surface area (Å²) in [6, 6.07) is 7.07. The Morgan fingerprint density at radius 3 is 2.57 bits per heavy atom. The van der Waals surface area contributed by atoms with E-state index >= 15 is 0 Å². The molecule has 1 N–H and O–H groups in total. The van der Waals surface area contributed by atoms with Crippen molar-refractivity contribution in [3.63, 3.8) is 0 Å². The molecule has 28 heavy (non-hydrogen) atoms. The van der Waals surface area contributed by atoms with Gasteiger partial charge in [-0.2, -0.15) is 10.1 Å². The highest BCUT2D eigenvalue weighted by atomic mass is 16.5. The number of carbonyl (C=O) groups is 1. The molecule has 0 spiro atoms. The van der Waals surface area contributed by atoms with Gasteiger partial charge < -0.3 is 9.84 Å². The molecule has 2 heterocycles. The second kappa shape index (κ2) is 7.18. The van der Waals surface area contributed by atoms with E-state index < -0.39 is 5.54 Å². The van der Waals surface area contributed by atoms with E-state index in [1.165, 1.54) is 4.68 Å².